The van der Waals surface area contributed by atoms with Crippen LogP contribution in [0.2, 0.25) is 0 Å². The molecule has 3 N–H and O–H groups in total. The van der Waals surface area contributed by atoms with Crippen LogP contribution in [0.5, 0.6) is 0 Å². The summed E-state index contributed by atoms with van der Waals surface area (Å²) in [5.74, 6) is 6.21. The minimum atomic E-state index is -0.467. The van der Waals surface area contributed by atoms with Gasteiger partial charge in [0.05, 0.1) is 40.4 Å². The highest BCUT2D eigenvalue weighted by Gasteiger charge is 2.24. The second-order valence-electron chi connectivity index (χ2n) is 9.12. The Morgan fingerprint density at radius 1 is 1.00 bits per heavy atom. The van der Waals surface area contributed by atoms with E-state index in [1.165, 1.54) is 0 Å². The normalized spacial score (nSPS) is 11.7. The van der Waals surface area contributed by atoms with Crippen molar-refractivity contribution in [3.05, 3.63) is 108 Å². The molecule has 0 saturated heterocycles. The van der Waals surface area contributed by atoms with Crippen LogP contribution in [0.4, 0.5) is 5.82 Å². The molecule has 0 radical (unpaired) electrons. The molecular weight excluding hydrogens is 488 g/mol. The van der Waals surface area contributed by atoms with Crippen LogP contribution in [0, 0.1) is 11.8 Å². The van der Waals surface area contributed by atoms with Gasteiger partial charge in [-0.25, -0.2) is 9.97 Å². The first-order valence-electron chi connectivity index (χ1n) is 12.4. The second kappa shape index (κ2) is 9.76. The van der Waals surface area contributed by atoms with Crippen molar-refractivity contribution in [3.63, 3.8) is 0 Å². The zero-order chi connectivity index (χ0) is 26.9. The summed E-state index contributed by atoms with van der Waals surface area (Å²) in [5.41, 5.74) is 11.7. The molecule has 6 rings (SSSR count). The number of carbonyl (C=O) groups excluding carboxylic acids is 1. The maximum atomic E-state index is 13.5. The molecule has 1 amide bonds. The lowest BCUT2D eigenvalue weighted by molar-refractivity contribution is 0.0941. The van der Waals surface area contributed by atoms with E-state index in [0.717, 1.165) is 33.5 Å². The average Bonchev–Trinajstić information content (AvgIpc) is 3.56. The molecule has 5 heterocycles. The van der Waals surface area contributed by atoms with Crippen molar-refractivity contribution in [1.82, 2.24) is 34.4 Å². The van der Waals surface area contributed by atoms with Crippen molar-refractivity contribution in [2.45, 2.75) is 13.0 Å². The zero-order valence-corrected chi connectivity index (χ0v) is 21.3. The number of nitrogens with two attached hydrogens (primary N) is 1. The van der Waals surface area contributed by atoms with E-state index >= 15 is 0 Å². The number of nitrogen functional groups attached to an aromatic ring is 1. The van der Waals surface area contributed by atoms with Gasteiger partial charge >= 0.3 is 0 Å². The molecule has 0 aliphatic heterocycles. The molecule has 0 fully saturated rings. The second-order valence-corrected chi connectivity index (χ2v) is 9.12. The monoisotopic (exact) mass is 512 g/mol. The smallest absolute Gasteiger partial charge is 0.257 e. The predicted octanol–water partition coefficient (Wildman–Crippen LogP) is 4.15. The van der Waals surface area contributed by atoms with Gasteiger partial charge in [0.2, 0.25) is 0 Å². The third-order valence-electron chi connectivity index (χ3n) is 6.42. The summed E-state index contributed by atoms with van der Waals surface area (Å²) in [7, 11) is 1.86. The van der Waals surface area contributed by atoms with Gasteiger partial charge in [-0.1, -0.05) is 42.3 Å². The maximum absolute atomic E-state index is 13.5. The first-order chi connectivity index (χ1) is 19.0. The Bertz CT molecular complexity index is 1910. The number of benzene rings is 1. The molecule has 1 aromatic carbocycles. The predicted molar refractivity (Wildman–Crippen MR) is 150 cm³/mol. The van der Waals surface area contributed by atoms with Crippen LogP contribution in [0.15, 0.2) is 85.5 Å². The molecule has 0 bridgehead atoms. The summed E-state index contributed by atoms with van der Waals surface area (Å²) >= 11 is 0. The van der Waals surface area contributed by atoms with Crippen molar-refractivity contribution in [1.29, 1.82) is 0 Å². The Morgan fingerprint density at radius 3 is 2.64 bits per heavy atom. The number of aryl methyl sites for hydroxylation is 1. The highest BCUT2D eigenvalue weighted by atomic mass is 16.1. The first-order valence-corrected chi connectivity index (χ1v) is 12.4. The molecular formula is C30H24N8O. The summed E-state index contributed by atoms with van der Waals surface area (Å²) < 4.78 is 3.74. The summed E-state index contributed by atoms with van der Waals surface area (Å²) in [4.78, 5) is 27.0. The molecule has 0 aliphatic rings. The number of fused-ring (bicyclic) bond motifs is 2. The number of carbonyl (C=O) groups is 1. The third-order valence-corrected chi connectivity index (χ3v) is 6.42. The number of rotatable bonds is 4. The fourth-order valence-corrected chi connectivity index (χ4v) is 4.62. The Hall–Kier alpha value is -5.49. The highest BCUT2D eigenvalue weighted by molar-refractivity contribution is 6.09. The summed E-state index contributed by atoms with van der Waals surface area (Å²) in [6.07, 6.45) is 6.84. The van der Waals surface area contributed by atoms with Crippen molar-refractivity contribution >= 4 is 28.3 Å². The van der Waals surface area contributed by atoms with Crippen molar-refractivity contribution < 1.29 is 4.79 Å². The van der Waals surface area contributed by atoms with Gasteiger partial charge in [-0.3, -0.25) is 18.9 Å². The van der Waals surface area contributed by atoms with Crippen LogP contribution in [0.1, 0.15) is 40.3 Å². The van der Waals surface area contributed by atoms with Gasteiger partial charge in [0.25, 0.3) is 5.91 Å². The third kappa shape index (κ3) is 4.45. The molecule has 39 heavy (non-hydrogen) atoms. The van der Waals surface area contributed by atoms with Gasteiger partial charge in [-0.15, -0.1) is 0 Å². The number of nitrogens with one attached hydrogen (secondary N) is 1. The van der Waals surface area contributed by atoms with E-state index < -0.39 is 6.04 Å². The summed E-state index contributed by atoms with van der Waals surface area (Å²) in [6, 6.07) is 18.9. The molecule has 0 aliphatic carbocycles. The topological polar surface area (TPSA) is 116 Å². The Labute approximate surface area is 224 Å². The molecule has 9 heteroatoms. The lowest BCUT2D eigenvalue weighted by Gasteiger charge is -2.16. The zero-order valence-electron chi connectivity index (χ0n) is 21.3. The molecule has 6 aromatic rings. The first kappa shape index (κ1) is 23.9. The van der Waals surface area contributed by atoms with Crippen LogP contribution in [-0.2, 0) is 7.05 Å². The van der Waals surface area contributed by atoms with E-state index in [1.807, 2.05) is 79.2 Å². The molecule has 1 atom stereocenters. The highest BCUT2D eigenvalue weighted by Crippen LogP contribution is 2.31. The summed E-state index contributed by atoms with van der Waals surface area (Å²) in [6.45, 7) is 1.90. The van der Waals surface area contributed by atoms with Crippen LogP contribution < -0.4 is 11.1 Å². The lowest BCUT2D eigenvalue weighted by Crippen LogP contribution is -2.28. The molecule has 5 aromatic heterocycles. The average molecular weight is 513 g/mol. The van der Waals surface area contributed by atoms with E-state index in [9.17, 15) is 4.79 Å². The van der Waals surface area contributed by atoms with E-state index in [0.29, 0.717) is 11.2 Å². The van der Waals surface area contributed by atoms with Crippen LogP contribution in [-0.4, -0.2) is 35.0 Å². The number of amides is 1. The van der Waals surface area contributed by atoms with Crippen LogP contribution in [0.25, 0.3) is 27.8 Å². The van der Waals surface area contributed by atoms with Crippen LogP contribution in [0.3, 0.4) is 0 Å². The Kier molecular flexibility index (Phi) is 5.98. The molecule has 190 valence electrons. The van der Waals surface area contributed by atoms with Gasteiger partial charge in [-0.05, 0) is 37.1 Å². The SMILES string of the molecule is C[C@H](NC(=O)c1c(N)ncc2cccnc12)c1nc2cccc(C#Cc3cnn(C)c3)n2c1-c1ccccc1. The van der Waals surface area contributed by atoms with Crippen molar-refractivity contribution in [3.8, 4) is 23.1 Å². The minimum absolute atomic E-state index is 0.122. The van der Waals surface area contributed by atoms with Gasteiger partial charge in [0, 0.05) is 36.6 Å². The number of hydrogen-bond acceptors (Lipinski definition) is 6. The Morgan fingerprint density at radius 2 is 1.85 bits per heavy atom. The van der Waals surface area contributed by atoms with E-state index in [4.69, 9.17) is 10.7 Å². The van der Waals surface area contributed by atoms with Crippen LogP contribution >= 0.6 is 0 Å². The van der Waals surface area contributed by atoms with Gasteiger partial charge in [0.15, 0.2) is 0 Å². The molecule has 0 spiro atoms. The van der Waals surface area contributed by atoms with Gasteiger partial charge < -0.3 is 11.1 Å². The molecule has 9 nitrogen and oxygen atoms in total. The van der Waals surface area contributed by atoms with Gasteiger partial charge in [0.1, 0.15) is 17.0 Å². The maximum Gasteiger partial charge on any atom is 0.257 e. The summed E-state index contributed by atoms with van der Waals surface area (Å²) in [5, 5.41) is 8.01. The number of aromatic nitrogens is 6. The van der Waals surface area contributed by atoms with Crippen molar-refractivity contribution in [2.24, 2.45) is 7.05 Å². The quantitative estimate of drug-likeness (QED) is 0.343. The Balaban J connectivity index is 1.46. The lowest BCUT2D eigenvalue weighted by atomic mass is 10.1. The molecule has 0 saturated carbocycles. The van der Waals surface area contributed by atoms with E-state index in [1.54, 1.807) is 29.3 Å². The number of imidazole rings is 1. The van der Waals surface area contributed by atoms with E-state index in [2.05, 4.69) is 32.2 Å². The van der Waals surface area contributed by atoms with Crippen molar-refractivity contribution in [2.75, 3.05) is 5.73 Å². The standard InChI is InChI=1S/C30H24N8O/c1-19(35-30(39)25-27-22(10-7-15-32-27)17-33-29(25)31)26-28(21-8-4-3-5-9-21)38-23(11-6-12-24(38)36-26)14-13-20-16-34-37(2)18-20/h3-12,15-19H,1-2H3,(H2,31,33)(H,35,39)/t19-/m0/s1. The molecule has 0 unspecified atom stereocenters. The number of nitrogens with zero attached hydrogens (tertiary/aromatic N) is 6. The number of hydrogen-bond donors (Lipinski definition) is 2. The van der Waals surface area contributed by atoms with Gasteiger partial charge in [-0.2, -0.15) is 5.10 Å². The number of pyridine rings is 3. The fraction of sp³-hybridized carbons (Fsp3) is 0.100. The largest absolute Gasteiger partial charge is 0.383 e. The van der Waals surface area contributed by atoms with E-state index in [-0.39, 0.29) is 17.3 Å². The fourth-order valence-electron chi connectivity index (χ4n) is 4.62. The number of anilines is 1. The minimum Gasteiger partial charge on any atom is -0.383 e.